The van der Waals surface area contributed by atoms with Crippen molar-refractivity contribution in [3.05, 3.63) is 82.4 Å². The largest absolute Gasteiger partial charge is 0.376 e. The van der Waals surface area contributed by atoms with Gasteiger partial charge in [0.25, 0.3) is 11.6 Å². The molecule has 3 aromatic rings. The van der Waals surface area contributed by atoms with Crippen molar-refractivity contribution in [2.24, 2.45) is 5.10 Å². The Bertz CT molecular complexity index is 985. The van der Waals surface area contributed by atoms with Gasteiger partial charge < -0.3 is 5.32 Å². The smallest absolute Gasteiger partial charge is 0.270 e. The molecule has 0 aromatic heterocycles. The maximum atomic E-state index is 11.8. The van der Waals surface area contributed by atoms with Gasteiger partial charge in [-0.15, -0.1) is 0 Å². The van der Waals surface area contributed by atoms with Gasteiger partial charge in [-0.2, -0.15) is 5.10 Å². The highest BCUT2D eigenvalue weighted by atomic mass is 16.6. The van der Waals surface area contributed by atoms with Gasteiger partial charge in [0, 0.05) is 23.4 Å². The monoisotopic (exact) mass is 348 g/mol. The standard InChI is InChI=1S/C19H16N4O3/c24-19(22-21-12-14-4-3-7-18(10-14)23(25)26)13-20-17-9-8-15-5-1-2-6-16(15)11-17/h1-12,20H,13H2,(H,22,24)/b21-12+. The van der Waals surface area contributed by atoms with Gasteiger partial charge in [0.1, 0.15) is 0 Å². The number of amides is 1. The average molecular weight is 348 g/mol. The number of hydrazone groups is 1. The molecule has 0 aliphatic heterocycles. The zero-order valence-corrected chi connectivity index (χ0v) is 13.8. The van der Waals surface area contributed by atoms with Crippen molar-refractivity contribution in [3.63, 3.8) is 0 Å². The number of anilines is 1. The van der Waals surface area contributed by atoms with Gasteiger partial charge in [-0.05, 0) is 22.9 Å². The van der Waals surface area contributed by atoms with Crippen LogP contribution in [0.4, 0.5) is 11.4 Å². The van der Waals surface area contributed by atoms with E-state index in [-0.39, 0.29) is 18.1 Å². The van der Waals surface area contributed by atoms with E-state index >= 15 is 0 Å². The Morgan fingerprint density at radius 1 is 1.04 bits per heavy atom. The molecule has 0 unspecified atom stereocenters. The second kappa shape index (κ2) is 7.89. The molecule has 0 aliphatic rings. The first-order valence-corrected chi connectivity index (χ1v) is 7.91. The normalized spacial score (nSPS) is 10.8. The summed E-state index contributed by atoms with van der Waals surface area (Å²) < 4.78 is 0. The summed E-state index contributed by atoms with van der Waals surface area (Å²) in [5.74, 6) is -0.320. The Morgan fingerprint density at radius 2 is 1.85 bits per heavy atom. The topological polar surface area (TPSA) is 96.6 Å². The van der Waals surface area contributed by atoms with Gasteiger partial charge in [0.2, 0.25) is 0 Å². The van der Waals surface area contributed by atoms with E-state index in [1.165, 1.54) is 18.3 Å². The van der Waals surface area contributed by atoms with Crippen LogP contribution in [0.5, 0.6) is 0 Å². The minimum absolute atomic E-state index is 0.0294. The predicted molar refractivity (Wildman–Crippen MR) is 101 cm³/mol. The number of nitrogens with zero attached hydrogens (tertiary/aromatic N) is 2. The number of nitro benzene ring substituents is 1. The molecule has 7 heteroatoms. The zero-order valence-electron chi connectivity index (χ0n) is 13.8. The SMILES string of the molecule is O=C(CNc1ccc2ccccc2c1)N/N=C/c1cccc([N+](=O)[O-])c1. The summed E-state index contributed by atoms with van der Waals surface area (Å²) in [6, 6.07) is 19.8. The van der Waals surface area contributed by atoms with Crippen LogP contribution >= 0.6 is 0 Å². The molecule has 1 amide bonds. The van der Waals surface area contributed by atoms with Crippen LogP contribution in [0.25, 0.3) is 10.8 Å². The number of carbonyl (C=O) groups excluding carboxylic acids is 1. The van der Waals surface area contributed by atoms with E-state index < -0.39 is 4.92 Å². The summed E-state index contributed by atoms with van der Waals surface area (Å²) in [4.78, 5) is 22.1. The molecule has 3 aromatic carbocycles. The fourth-order valence-electron chi connectivity index (χ4n) is 2.42. The van der Waals surface area contributed by atoms with Crippen LogP contribution in [0.1, 0.15) is 5.56 Å². The van der Waals surface area contributed by atoms with E-state index in [9.17, 15) is 14.9 Å². The van der Waals surface area contributed by atoms with E-state index in [0.29, 0.717) is 5.56 Å². The number of hydrogen-bond acceptors (Lipinski definition) is 5. The van der Waals surface area contributed by atoms with Gasteiger partial charge in [0.05, 0.1) is 17.7 Å². The lowest BCUT2D eigenvalue weighted by Crippen LogP contribution is -2.25. The number of nitro groups is 1. The lowest BCUT2D eigenvalue weighted by molar-refractivity contribution is -0.384. The van der Waals surface area contributed by atoms with Gasteiger partial charge in [0.15, 0.2) is 0 Å². The van der Waals surface area contributed by atoms with E-state index in [1.54, 1.807) is 12.1 Å². The van der Waals surface area contributed by atoms with Crippen molar-refractivity contribution in [2.45, 2.75) is 0 Å². The summed E-state index contributed by atoms with van der Waals surface area (Å²) in [7, 11) is 0. The maximum absolute atomic E-state index is 11.8. The number of nitrogens with one attached hydrogen (secondary N) is 2. The highest BCUT2D eigenvalue weighted by Gasteiger charge is 2.04. The summed E-state index contributed by atoms with van der Waals surface area (Å²) in [5.41, 5.74) is 3.72. The zero-order chi connectivity index (χ0) is 18.4. The van der Waals surface area contributed by atoms with E-state index in [0.717, 1.165) is 16.5 Å². The van der Waals surface area contributed by atoms with Crippen LogP contribution in [-0.2, 0) is 4.79 Å². The van der Waals surface area contributed by atoms with Crippen molar-refractivity contribution in [2.75, 3.05) is 11.9 Å². The molecule has 0 fully saturated rings. The van der Waals surface area contributed by atoms with Crippen LogP contribution in [0.2, 0.25) is 0 Å². The van der Waals surface area contributed by atoms with Crippen LogP contribution in [-0.4, -0.2) is 23.6 Å². The first-order valence-electron chi connectivity index (χ1n) is 7.91. The third kappa shape index (κ3) is 4.41. The number of rotatable bonds is 6. The maximum Gasteiger partial charge on any atom is 0.270 e. The highest BCUT2D eigenvalue weighted by Crippen LogP contribution is 2.18. The second-order valence-corrected chi connectivity index (χ2v) is 5.56. The Morgan fingerprint density at radius 3 is 2.65 bits per heavy atom. The molecule has 0 atom stereocenters. The van der Waals surface area contributed by atoms with E-state index in [4.69, 9.17) is 0 Å². The van der Waals surface area contributed by atoms with E-state index in [2.05, 4.69) is 15.8 Å². The van der Waals surface area contributed by atoms with Crippen molar-refractivity contribution >= 4 is 34.3 Å². The molecule has 0 saturated heterocycles. The molecule has 0 radical (unpaired) electrons. The first-order chi connectivity index (χ1) is 12.6. The molecule has 7 nitrogen and oxygen atoms in total. The van der Waals surface area contributed by atoms with Gasteiger partial charge >= 0.3 is 0 Å². The molecule has 130 valence electrons. The second-order valence-electron chi connectivity index (χ2n) is 5.56. The molecule has 0 spiro atoms. The molecule has 3 rings (SSSR count). The van der Waals surface area contributed by atoms with Crippen molar-refractivity contribution in [1.29, 1.82) is 0 Å². The third-order valence-corrected chi connectivity index (χ3v) is 3.69. The Labute approximate surface area is 149 Å². The van der Waals surface area contributed by atoms with Crippen molar-refractivity contribution < 1.29 is 9.72 Å². The van der Waals surface area contributed by atoms with Crippen LogP contribution in [0, 0.1) is 10.1 Å². The van der Waals surface area contributed by atoms with Gasteiger partial charge in [-0.3, -0.25) is 14.9 Å². The molecule has 0 heterocycles. The summed E-state index contributed by atoms with van der Waals surface area (Å²) in [5, 5.41) is 19.8. The number of hydrogen-bond donors (Lipinski definition) is 2. The molecule has 26 heavy (non-hydrogen) atoms. The van der Waals surface area contributed by atoms with Crippen LogP contribution in [0.3, 0.4) is 0 Å². The summed E-state index contributed by atoms with van der Waals surface area (Å²) in [6.45, 7) is 0.0601. The van der Waals surface area contributed by atoms with E-state index in [1.807, 2.05) is 42.5 Å². The Kier molecular flexibility index (Phi) is 5.19. The Hall–Kier alpha value is -3.74. The van der Waals surface area contributed by atoms with Gasteiger partial charge in [-0.1, -0.05) is 42.5 Å². The highest BCUT2D eigenvalue weighted by molar-refractivity contribution is 5.87. The summed E-state index contributed by atoms with van der Waals surface area (Å²) in [6.07, 6.45) is 1.36. The average Bonchev–Trinajstić information content (AvgIpc) is 2.66. The van der Waals surface area contributed by atoms with Crippen LogP contribution < -0.4 is 10.7 Å². The number of carbonyl (C=O) groups is 1. The van der Waals surface area contributed by atoms with Crippen LogP contribution in [0.15, 0.2) is 71.8 Å². The van der Waals surface area contributed by atoms with Gasteiger partial charge in [-0.25, -0.2) is 5.43 Å². The molecular weight excluding hydrogens is 332 g/mol. The first kappa shape index (κ1) is 17.1. The number of fused-ring (bicyclic) bond motifs is 1. The van der Waals surface area contributed by atoms with Crippen molar-refractivity contribution in [1.82, 2.24) is 5.43 Å². The predicted octanol–water partition coefficient (Wildman–Crippen LogP) is 3.31. The Balaban J connectivity index is 1.53. The number of benzene rings is 3. The lowest BCUT2D eigenvalue weighted by atomic mass is 10.1. The third-order valence-electron chi connectivity index (χ3n) is 3.69. The summed E-state index contributed by atoms with van der Waals surface area (Å²) >= 11 is 0. The molecular formula is C19H16N4O3. The fourth-order valence-corrected chi connectivity index (χ4v) is 2.42. The number of non-ortho nitro benzene ring substituents is 1. The quantitative estimate of drug-likeness (QED) is 0.406. The fraction of sp³-hybridized carbons (Fsp3) is 0.0526. The molecule has 2 N–H and O–H groups in total. The molecule has 0 saturated carbocycles. The molecule has 0 bridgehead atoms. The minimum Gasteiger partial charge on any atom is -0.376 e. The van der Waals surface area contributed by atoms with Crippen molar-refractivity contribution in [3.8, 4) is 0 Å². The lowest BCUT2D eigenvalue weighted by Gasteiger charge is -2.06. The minimum atomic E-state index is -0.483. The molecule has 0 aliphatic carbocycles.